The second-order valence-electron chi connectivity index (χ2n) is 6.60. The molecule has 0 unspecified atom stereocenters. The summed E-state index contributed by atoms with van der Waals surface area (Å²) in [4.78, 5) is 1.46. The lowest BCUT2D eigenvalue weighted by Gasteiger charge is -2.09. The Morgan fingerprint density at radius 3 is 2.61 bits per heavy atom. The summed E-state index contributed by atoms with van der Waals surface area (Å²) in [5, 5.41) is 13.1. The maximum absolute atomic E-state index is 14.3. The van der Waals surface area contributed by atoms with Gasteiger partial charge in [0.2, 0.25) is 0 Å². The van der Waals surface area contributed by atoms with Crippen molar-refractivity contribution >= 4 is 0 Å². The molecule has 0 N–H and O–H groups in total. The van der Waals surface area contributed by atoms with Crippen LogP contribution in [-0.2, 0) is 6.42 Å². The molecule has 0 radical (unpaired) electrons. The molecule has 142 valence electrons. The van der Waals surface area contributed by atoms with E-state index in [1.54, 1.807) is 31.5 Å². The molecular weight excluding hydrogens is 357 g/mol. The van der Waals surface area contributed by atoms with Crippen molar-refractivity contribution in [2.45, 2.75) is 20.3 Å². The van der Waals surface area contributed by atoms with Gasteiger partial charge >= 0.3 is 0 Å². The van der Waals surface area contributed by atoms with Gasteiger partial charge in [0.25, 0.3) is 0 Å². The largest absolute Gasteiger partial charge is 0.494 e. The second kappa shape index (κ2) is 7.26. The zero-order chi connectivity index (χ0) is 19.7. The first-order valence-electron chi connectivity index (χ1n) is 8.91. The van der Waals surface area contributed by atoms with E-state index in [4.69, 9.17) is 4.74 Å². The molecule has 4 aromatic rings. The molecule has 0 amide bonds. The van der Waals surface area contributed by atoms with Gasteiger partial charge in [0.1, 0.15) is 0 Å². The first-order valence-corrected chi connectivity index (χ1v) is 8.91. The molecule has 0 saturated carbocycles. The highest BCUT2D eigenvalue weighted by atomic mass is 19.1. The second-order valence-corrected chi connectivity index (χ2v) is 6.60. The summed E-state index contributed by atoms with van der Waals surface area (Å²) >= 11 is 0. The normalized spacial score (nSPS) is 11.0. The van der Waals surface area contributed by atoms with Crippen LogP contribution in [0.5, 0.6) is 5.75 Å². The number of aromatic nitrogens is 5. The average molecular weight is 377 g/mol. The molecule has 0 aliphatic carbocycles. The Labute approximate surface area is 162 Å². The summed E-state index contributed by atoms with van der Waals surface area (Å²) < 4.78 is 21.2. The maximum Gasteiger partial charge on any atom is 0.170 e. The SMILES string of the molecule is COc1ccc(-n2ncc(Cc3ccc(-n4cccn4)c(C)c3)n2)c(C)c1F. The minimum atomic E-state index is -0.399. The van der Waals surface area contributed by atoms with Crippen molar-refractivity contribution < 1.29 is 9.13 Å². The van der Waals surface area contributed by atoms with Crippen molar-refractivity contribution in [3.63, 3.8) is 0 Å². The predicted molar refractivity (Wildman–Crippen MR) is 104 cm³/mol. The topological polar surface area (TPSA) is 57.8 Å². The number of benzene rings is 2. The number of hydrogen-bond donors (Lipinski definition) is 0. The Kier molecular flexibility index (Phi) is 4.65. The van der Waals surface area contributed by atoms with Crippen molar-refractivity contribution in [3.05, 3.63) is 83.2 Å². The van der Waals surface area contributed by atoms with Gasteiger partial charge in [-0.2, -0.15) is 20.1 Å². The van der Waals surface area contributed by atoms with Crippen molar-refractivity contribution in [1.82, 2.24) is 24.8 Å². The van der Waals surface area contributed by atoms with Crippen LogP contribution in [0.15, 0.2) is 55.0 Å². The number of methoxy groups -OCH3 is 1. The summed E-state index contributed by atoms with van der Waals surface area (Å²) in [5.74, 6) is -0.190. The molecule has 0 atom stereocenters. The molecule has 4 rings (SSSR count). The van der Waals surface area contributed by atoms with Gasteiger partial charge < -0.3 is 4.74 Å². The number of rotatable bonds is 5. The van der Waals surface area contributed by atoms with E-state index in [1.807, 2.05) is 23.0 Å². The highest BCUT2D eigenvalue weighted by Crippen LogP contribution is 2.25. The smallest absolute Gasteiger partial charge is 0.170 e. The molecule has 28 heavy (non-hydrogen) atoms. The van der Waals surface area contributed by atoms with Crippen LogP contribution in [0, 0.1) is 19.7 Å². The number of aryl methyl sites for hydroxylation is 1. The molecule has 0 aliphatic heterocycles. The van der Waals surface area contributed by atoms with Gasteiger partial charge in [-0.05, 0) is 49.2 Å². The third-order valence-electron chi connectivity index (χ3n) is 4.69. The van der Waals surface area contributed by atoms with Crippen LogP contribution < -0.4 is 4.74 Å². The summed E-state index contributed by atoms with van der Waals surface area (Å²) in [5.41, 5.74) is 5.14. The van der Waals surface area contributed by atoms with Crippen LogP contribution in [0.1, 0.15) is 22.4 Å². The van der Waals surface area contributed by atoms with Gasteiger partial charge in [-0.25, -0.2) is 9.07 Å². The van der Waals surface area contributed by atoms with E-state index in [2.05, 4.69) is 34.4 Å². The zero-order valence-electron chi connectivity index (χ0n) is 15.9. The minimum absolute atomic E-state index is 0.210. The van der Waals surface area contributed by atoms with Gasteiger partial charge in [-0.15, -0.1) is 0 Å². The fourth-order valence-electron chi connectivity index (χ4n) is 3.22. The third kappa shape index (κ3) is 3.26. The molecule has 2 heterocycles. The molecule has 2 aromatic heterocycles. The lowest BCUT2D eigenvalue weighted by atomic mass is 10.1. The number of hydrogen-bond acceptors (Lipinski definition) is 4. The first-order chi connectivity index (χ1) is 13.6. The Morgan fingerprint density at radius 1 is 1.07 bits per heavy atom. The van der Waals surface area contributed by atoms with Gasteiger partial charge in [0, 0.05) is 24.4 Å². The van der Waals surface area contributed by atoms with Crippen molar-refractivity contribution in [2.24, 2.45) is 0 Å². The molecule has 6 nitrogen and oxygen atoms in total. The van der Waals surface area contributed by atoms with Gasteiger partial charge in [0.05, 0.1) is 30.4 Å². The average Bonchev–Trinajstić information content (AvgIpc) is 3.36. The van der Waals surface area contributed by atoms with Crippen molar-refractivity contribution in [2.75, 3.05) is 7.11 Å². The maximum atomic E-state index is 14.3. The van der Waals surface area contributed by atoms with Crippen LogP contribution in [0.25, 0.3) is 11.4 Å². The van der Waals surface area contributed by atoms with Gasteiger partial charge in [0.15, 0.2) is 11.6 Å². The molecule has 0 spiro atoms. The fraction of sp³-hybridized carbons (Fsp3) is 0.190. The van der Waals surface area contributed by atoms with Crippen molar-refractivity contribution in [3.8, 4) is 17.1 Å². The molecule has 7 heteroatoms. The Bertz CT molecular complexity index is 1120. The van der Waals surface area contributed by atoms with E-state index in [-0.39, 0.29) is 5.75 Å². The van der Waals surface area contributed by atoms with E-state index in [1.165, 1.54) is 11.9 Å². The Morgan fingerprint density at radius 2 is 1.89 bits per heavy atom. The Hall–Kier alpha value is -3.48. The first kappa shape index (κ1) is 17.9. The molecule has 0 saturated heterocycles. The highest BCUT2D eigenvalue weighted by molar-refractivity contribution is 5.46. The van der Waals surface area contributed by atoms with Crippen LogP contribution in [0.3, 0.4) is 0 Å². The number of nitrogens with zero attached hydrogens (tertiary/aromatic N) is 5. The molecule has 2 aromatic carbocycles. The van der Waals surface area contributed by atoms with Crippen molar-refractivity contribution in [1.29, 1.82) is 0 Å². The van der Waals surface area contributed by atoms with E-state index in [0.29, 0.717) is 17.7 Å². The van der Waals surface area contributed by atoms with E-state index in [9.17, 15) is 4.39 Å². The molecular formula is C21H20FN5O. The standard InChI is InChI=1S/C21H20FN5O/c1-14-11-16(5-6-18(14)26-10-4-9-23-26)12-17-13-24-27(25-17)19-7-8-20(28-3)21(22)15(19)2/h4-11,13H,12H2,1-3H3. The zero-order valence-corrected chi connectivity index (χ0v) is 15.9. The van der Waals surface area contributed by atoms with Gasteiger partial charge in [-0.3, -0.25) is 0 Å². The minimum Gasteiger partial charge on any atom is -0.494 e. The lowest BCUT2D eigenvalue weighted by molar-refractivity contribution is 0.384. The Balaban J connectivity index is 1.58. The molecule has 0 aliphatic rings. The van der Waals surface area contributed by atoms with Gasteiger partial charge in [-0.1, -0.05) is 12.1 Å². The van der Waals surface area contributed by atoms with E-state index in [0.717, 1.165) is 22.5 Å². The number of halogens is 1. The summed E-state index contributed by atoms with van der Waals surface area (Å²) in [7, 11) is 1.45. The monoisotopic (exact) mass is 377 g/mol. The fourth-order valence-corrected chi connectivity index (χ4v) is 3.22. The quantitative estimate of drug-likeness (QED) is 0.531. The van der Waals surface area contributed by atoms with Crippen LogP contribution in [0.2, 0.25) is 0 Å². The number of ether oxygens (including phenoxy) is 1. The highest BCUT2D eigenvalue weighted by Gasteiger charge is 2.14. The third-order valence-corrected chi connectivity index (χ3v) is 4.69. The summed E-state index contributed by atoms with van der Waals surface area (Å²) in [6.45, 7) is 3.74. The molecule has 0 bridgehead atoms. The van der Waals surface area contributed by atoms with E-state index >= 15 is 0 Å². The molecule has 0 fully saturated rings. The van der Waals surface area contributed by atoms with Crippen LogP contribution >= 0.6 is 0 Å². The summed E-state index contributed by atoms with van der Waals surface area (Å²) in [6, 6.07) is 11.5. The van der Waals surface area contributed by atoms with Crippen LogP contribution in [0.4, 0.5) is 4.39 Å². The van der Waals surface area contributed by atoms with Crippen LogP contribution in [-0.4, -0.2) is 31.9 Å². The predicted octanol–water partition coefficient (Wildman–Crippen LogP) is 3.81. The summed E-state index contributed by atoms with van der Waals surface area (Å²) in [6.07, 6.45) is 6.02. The van der Waals surface area contributed by atoms with E-state index < -0.39 is 5.82 Å². The lowest BCUT2D eigenvalue weighted by Crippen LogP contribution is -2.04.